The Morgan fingerprint density at radius 2 is 0.946 bits per heavy atom. The molecule has 0 fully saturated rings. The molecule has 0 amide bonds. The fraction of sp³-hybridized carbons (Fsp3) is 0.0909. The molecule has 0 radical (unpaired) electrons. The summed E-state index contributed by atoms with van der Waals surface area (Å²) in [6.45, 7) is 4.00. The van der Waals surface area contributed by atoms with Crippen LogP contribution >= 0.6 is 0 Å². The van der Waals surface area contributed by atoms with Crippen molar-refractivity contribution < 1.29 is 19.8 Å². The fourth-order valence-corrected chi connectivity index (χ4v) is 4.12. The zero-order chi connectivity index (χ0) is 26.4. The summed E-state index contributed by atoms with van der Waals surface area (Å²) in [5.74, 6) is 10.5. The van der Waals surface area contributed by atoms with Crippen LogP contribution in [0.1, 0.15) is 67.9 Å². The van der Waals surface area contributed by atoms with E-state index in [1.54, 1.807) is 36.4 Å². The number of rotatable bonds is 4. The number of carboxylic acid groups (broad SMARTS) is 2. The second-order valence-electron chi connectivity index (χ2n) is 8.99. The van der Waals surface area contributed by atoms with Gasteiger partial charge in [0.15, 0.2) is 0 Å². The minimum absolute atomic E-state index is 0.141. The minimum Gasteiger partial charge on any atom is -0.478 e. The Kier molecular flexibility index (Phi) is 7.23. The first kappa shape index (κ1) is 25.0. The van der Waals surface area contributed by atoms with Crippen molar-refractivity contribution in [3.8, 4) is 23.7 Å². The smallest absolute Gasteiger partial charge is 0.335 e. The van der Waals surface area contributed by atoms with Crippen LogP contribution < -0.4 is 0 Å². The third kappa shape index (κ3) is 5.78. The van der Waals surface area contributed by atoms with Gasteiger partial charge in [-0.2, -0.15) is 0 Å². The van der Waals surface area contributed by atoms with E-state index in [1.807, 2.05) is 74.5 Å². The molecule has 0 aromatic heterocycles. The third-order valence-corrected chi connectivity index (χ3v) is 6.11. The quantitative estimate of drug-likeness (QED) is 0.338. The number of aromatic carboxylic acids is 2. The van der Waals surface area contributed by atoms with E-state index in [-0.39, 0.29) is 11.1 Å². The molecule has 0 aliphatic carbocycles. The summed E-state index contributed by atoms with van der Waals surface area (Å²) < 4.78 is 0. The van der Waals surface area contributed by atoms with Gasteiger partial charge in [-0.15, -0.1) is 0 Å². The van der Waals surface area contributed by atoms with Crippen molar-refractivity contribution in [2.24, 2.45) is 0 Å². The van der Waals surface area contributed by atoms with Gasteiger partial charge in [-0.3, -0.25) is 0 Å². The molecule has 4 aromatic rings. The molecule has 0 saturated carbocycles. The lowest BCUT2D eigenvalue weighted by atomic mass is 9.73. The second-order valence-corrected chi connectivity index (χ2v) is 8.99. The van der Waals surface area contributed by atoms with E-state index in [2.05, 4.69) is 23.7 Å². The first-order chi connectivity index (χ1) is 17.8. The molecule has 2 N–H and O–H groups in total. The molecule has 4 aromatic carbocycles. The lowest BCUT2D eigenvalue weighted by Gasteiger charge is -2.29. The van der Waals surface area contributed by atoms with E-state index in [0.717, 1.165) is 22.3 Å². The molecule has 0 atom stereocenters. The zero-order valence-electron chi connectivity index (χ0n) is 20.4. The lowest BCUT2D eigenvalue weighted by molar-refractivity contribution is 0.0686. The number of hydrogen-bond donors (Lipinski definition) is 2. The van der Waals surface area contributed by atoms with Crippen molar-refractivity contribution >= 4 is 11.9 Å². The first-order valence-electron chi connectivity index (χ1n) is 11.7. The van der Waals surface area contributed by atoms with Gasteiger partial charge in [-0.1, -0.05) is 86.1 Å². The van der Waals surface area contributed by atoms with Crippen LogP contribution in [0.3, 0.4) is 0 Å². The molecule has 4 heteroatoms. The van der Waals surface area contributed by atoms with Gasteiger partial charge in [0, 0.05) is 27.7 Å². The molecule has 4 rings (SSSR count). The van der Waals surface area contributed by atoms with E-state index in [1.165, 1.54) is 0 Å². The van der Waals surface area contributed by atoms with Gasteiger partial charge in [0.1, 0.15) is 0 Å². The summed E-state index contributed by atoms with van der Waals surface area (Å²) in [6.07, 6.45) is 0. The van der Waals surface area contributed by atoms with E-state index in [9.17, 15) is 19.8 Å². The van der Waals surface area contributed by atoms with Gasteiger partial charge in [0.05, 0.1) is 11.1 Å². The summed E-state index contributed by atoms with van der Waals surface area (Å²) in [5, 5.41) is 19.2. The maximum atomic E-state index is 11.7. The van der Waals surface area contributed by atoms with Gasteiger partial charge in [0.25, 0.3) is 0 Å². The largest absolute Gasteiger partial charge is 0.478 e. The average Bonchev–Trinajstić information content (AvgIpc) is 2.91. The topological polar surface area (TPSA) is 74.6 Å². The summed E-state index contributed by atoms with van der Waals surface area (Å²) in [7, 11) is 0. The maximum absolute atomic E-state index is 11.7. The van der Waals surface area contributed by atoms with Crippen molar-refractivity contribution in [2.75, 3.05) is 0 Å². The number of carbonyl (C=O) groups is 2. The average molecular weight is 485 g/mol. The summed E-state index contributed by atoms with van der Waals surface area (Å²) >= 11 is 0. The Balaban J connectivity index is 1.89. The van der Waals surface area contributed by atoms with Crippen LogP contribution in [0, 0.1) is 23.7 Å². The lowest BCUT2D eigenvalue weighted by Crippen LogP contribution is -2.22. The second kappa shape index (κ2) is 10.7. The van der Waals surface area contributed by atoms with Crippen molar-refractivity contribution in [1.29, 1.82) is 0 Å². The molecule has 0 spiro atoms. The molecule has 0 bridgehead atoms. The van der Waals surface area contributed by atoms with Crippen molar-refractivity contribution in [3.05, 3.63) is 142 Å². The maximum Gasteiger partial charge on any atom is 0.335 e. The highest BCUT2D eigenvalue weighted by molar-refractivity contribution is 5.89. The van der Waals surface area contributed by atoms with E-state index >= 15 is 0 Å². The Morgan fingerprint density at radius 3 is 1.30 bits per heavy atom. The standard InChI is InChI=1S/C33H24O4/c1-33(2,29-19-17-27(31(34)35)21-25(29)15-13-23-9-5-3-6-10-23)30-20-18-28(32(36)37)22-26(30)16-14-24-11-7-4-8-12-24/h3-12,17-22H,1-2H3,(H,34,35)(H,36,37). The first-order valence-corrected chi connectivity index (χ1v) is 11.7. The summed E-state index contributed by atoms with van der Waals surface area (Å²) in [6, 6.07) is 28.8. The number of carboxylic acids is 2. The molecular weight excluding hydrogens is 460 g/mol. The van der Waals surface area contributed by atoms with E-state index in [0.29, 0.717) is 11.1 Å². The molecule has 0 aliphatic rings. The van der Waals surface area contributed by atoms with Gasteiger partial charge >= 0.3 is 11.9 Å². The fourth-order valence-electron chi connectivity index (χ4n) is 4.12. The zero-order valence-corrected chi connectivity index (χ0v) is 20.4. The van der Waals surface area contributed by atoms with Crippen LogP contribution in [-0.2, 0) is 5.41 Å². The molecule has 0 unspecified atom stereocenters. The normalized spacial score (nSPS) is 10.4. The van der Waals surface area contributed by atoms with Gasteiger partial charge in [-0.25, -0.2) is 9.59 Å². The van der Waals surface area contributed by atoms with Crippen LogP contribution in [0.15, 0.2) is 97.1 Å². The monoisotopic (exact) mass is 484 g/mol. The molecule has 4 nitrogen and oxygen atoms in total. The SMILES string of the molecule is CC(C)(c1ccc(C(=O)O)cc1C#Cc1ccccc1)c1ccc(C(=O)O)cc1C#Cc1ccccc1. The van der Waals surface area contributed by atoms with Gasteiger partial charge < -0.3 is 10.2 Å². The number of hydrogen-bond acceptors (Lipinski definition) is 2. The summed E-state index contributed by atoms with van der Waals surface area (Å²) in [5.41, 5.74) is 4.02. The molecule has 0 saturated heterocycles. The Labute approximate surface area is 216 Å². The third-order valence-electron chi connectivity index (χ3n) is 6.11. The molecular formula is C33H24O4. The van der Waals surface area contributed by atoms with Gasteiger partial charge in [-0.05, 0) is 59.7 Å². The van der Waals surface area contributed by atoms with E-state index in [4.69, 9.17) is 0 Å². The molecule has 180 valence electrons. The molecule has 37 heavy (non-hydrogen) atoms. The molecule has 0 aliphatic heterocycles. The highest BCUT2D eigenvalue weighted by atomic mass is 16.4. The van der Waals surface area contributed by atoms with Crippen LogP contribution in [-0.4, -0.2) is 22.2 Å². The highest BCUT2D eigenvalue weighted by Gasteiger charge is 2.29. The van der Waals surface area contributed by atoms with Crippen LogP contribution in [0.25, 0.3) is 0 Å². The van der Waals surface area contributed by atoms with Crippen LogP contribution in [0.5, 0.6) is 0 Å². The predicted octanol–water partition coefficient (Wildman–Crippen LogP) is 6.21. The Bertz CT molecular complexity index is 1470. The van der Waals surface area contributed by atoms with Crippen molar-refractivity contribution in [3.63, 3.8) is 0 Å². The van der Waals surface area contributed by atoms with Crippen molar-refractivity contribution in [1.82, 2.24) is 0 Å². The van der Waals surface area contributed by atoms with Crippen LogP contribution in [0.2, 0.25) is 0 Å². The van der Waals surface area contributed by atoms with E-state index < -0.39 is 17.4 Å². The predicted molar refractivity (Wildman–Crippen MR) is 144 cm³/mol. The Morgan fingerprint density at radius 1 is 0.568 bits per heavy atom. The summed E-state index contributed by atoms with van der Waals surface area (Å²) in [4.78, 5) is 23.4. The van der Waals surface area contributed by atoms with Crippen LogP contribution in [0.4, 0.5) is 0 Å². The highest BCUT2D eigenvalue weighted by Crippen LogP contribution is 2.36. The number of benzene rings is 4. The minimum atomic E-state index is -1.03. The Hall–Kier alpha value is -5.06. The molecule has 0 heterocycles. The van der Waals surface area contributed by atoms with Gasteiger partial charge in [0.2, 0.25) is 0 Å². The van der Waals surface area contributed by atoms with Crippen molar-refractivity contribution in [2.45, 2.75) is 19.3 Å².